The van der Waals surface area contributed by atoms with Gasteiger partial charge in [-0.2, -0.15) is 0 Å². The number of allylic oxidation sites excluding steroid dienone is 1. The fourth-order valence-corrected chi connectivity index (χ4v) is 2.03. The van der Waals surface area contributed by atoms with E-state index in [9.17, 15) is 0 Å². The first kappa shape index (κ1) is 8.83. The summed E-state index contributed by atoms with van der Waals surface area (Å²) in [5.41, 5.74) is 1.37. The summed E-state index contributed by atoms with van der Waals surface area (Å²) in [6, 6.07) is 0. The quantitative estimate of drug-likeness (QED) is 0.528. The molecule has 0 spiro atoms. The zero-order valence-corrected chi connectivity index (χ0v) is 7.90. The zero-order valence-electron chi connectivity index (χ0n) is 7.90. The van der Waals surface area contributed by atoms with Crippen LogP contribution in [0.5, 0.6) is 0 Å². The molecule has 1 fully saturated rings. The summed E-state index contributed by atoms with van der Waals surface area (Å²) in [7, 11) is 0. The highest BCUT2D eigenvalue weighted by Gasteiger charge is 2.17. The van der Waals surface area contributed by atoms with E-state index in [1.807, 2.05) is 0 Å². The predicted octanol–water partition coefficient (Wildman–Crippen LogP) is 3.78. The second kappa shape index (κ2) is 3.94. The van der Waals surface area contributed by atoms with E-state index in [1.165, 1.54) is 37.7 Å². The van der Waals surface area contributed by atoms with Gasteiger partial charge in [0.1, 0.15) is 0 Å². The van der Waals surface area contributed by atoms with Gasteiger partial charge in [0.2, 0.25) is 0 Å². The van der Waals surface area contributed by atoms with E-state index in [0.717, 1.165) is 11.8 Å². The fourth-order valence-electron chi connectivity index (χ4n) is 2.03. The van der Waals surface area contributed by atoms with E-state index in [1.54, 1.807) is 0 Å². The van der Waals surface area contributed by atoms with Crippen LogP contribution < -0.4 is 0 Å². The molecule has 0 aromatic rings. The monoisotopic (exact) mass is 152 g/mol. The largest absolute Gasteiger partial charge is 0.100 e. The van der Waals surface area contributed by atoms with Gasteiger partial charge < -0.3 is 0 Å². The lowest BCUT2D eigenvalue weighted by Gasteiger charge is -2.26. The van der Waals surface area contributed by atoms with Crippen LogP contribution in [0.1, 0.15) is 46.0 Å². The lowest BCUT2D eigenvalue weighted by molar-refractivity contribution is 0.289. The summed E-state index contributed by atoms with van der Waals surface area (Å²) in [6.45, 7) is 8.49. The molecular formula is C11H20. The van der Waals surface area contributed by atoms with Gasteiger partial charge in [0.25, 0.3) is 0 Å². The third-order valence-electron chi connectivity index (χ3n) is 2.77. The van der Waals surface area contributed by atoms with Crippen molar-refractivity contribution in [3.05, 3.63) is 12.2 Å². The molecule has 11 heavy (non-hydrogen) atoms. The van der Waals surface area contributed by atoms with Gasteiger partial charge in [0.05, 0.1) is 0 Å². The molecule has 0 atom stereocenters. The van der Waals surface area contributed by atoms with Crippen LogP contribution in [0.15, 0.2) is 12.2 Å². The summed E-state index contributed by atoms with van der Waals surface area (Å²) in [6.07, 6.45) is 7.03. The smallest absolute Gasteiger partial charge is 0.0297 e. The van der Waals surface area contributed by atoms with Crippen LogP contribution in [0.3, 0.4) is 0 Å². The molecule has 0 heteroatoms. The van der Waals surface area contributed by atoms with Crippen molar-refractivity contribution in [3.8, 4) is 0 Å². The Labute approximate surface area is 70.7 Å². The van der Waals surface area contributed by atoms with E-state index in [2.05, 4.69) is 20.4 Å². The highest BCUT2D eigenvalue weighted by molar-refractivity contribution is 4.91. The third-order valence-corrected chi connectivity index (χ3v) is 2.77. The van der Waals surface area contributed by atoms with Gasteiger partial charge in [-0.1, -0.05) is 25.3 Å². The van der Waals surface area contributed by atoms with Crippen LogP contribution in [-0.2, 0) is 0 Å². The van der Waals surface area contributed by atoms with Gasteiger partial charge in [-0.3, -0.25) is 0 Å². The van der Waals surface area contributed by atoms with Gasteiger partial charge in [-0.15, -0.1) is 6.58 Å². The van der Waals surface area contributed by atoms with E-state index >= 15 is 0 Å². The molecule has 0 aromatic heterocycles. The lowest BCUT2D eigenvalue weighted by Crippen LogP contribution is -2.12. The second-order valence-corrected chi connectivity index (χ2v) is 4.29. The maximum absolute atomic E-state index is 3.97. The Morgan fingerprint density at radius 2 is 1.82 bits per heavy atom. The maximum Gasteiger partial charge on any atom is -0.0297 e. The second-order valence-electron chi connectivity index (χ2n) is 4.29. The molecule has 0 nitrogen and oxygen atoms in total. The van der Waals surface area contributed by atoms with Crippen LogP contribution in [0, 0.1) is 11.8 Å². The standard InChI is InChI=1S/C11H20/c1-9(2)8-11-6-4-10(3)5-7-11/h10-11H,1,4-8H2,2-3H3. The molecule has 0 heterocycles. The van der Waals surface area contributed by atoms with Crippen LogP contribution in [0.25, 0.3) is 0 Å². The first-order chi connectivity index (χ1) is 5.18. The van der Waals surface area contributed by atoms with Crippen LogP contribution in [0.4, 0.5) is 0 Å². The fraction of sp³-hybridized carbons (Fsp3) is 0.818. The molecule has 1 saturated carbocycles. The van der Waals surface area contributed by atoms with Crippen LogP contribution in [0.2, 0.25) is 0 Å². The molecule has 1 aliphatic rings. The first-order valence-corrected chi connectivity index (χ1v) is 4.83. The van der Waals surface area contributed by atoms with Crippen molar-refractivity contribution in [3.63, 3.8) is 0 Å². The highest BCUT2D eigenvalue weighted by Crippen LogP contribution is 2.31. The highest BCUT2D eigenvalue weighted by atomic mass is 14.2. The summed E-state index contributed by atoms with van der Waals surface area (Å²) in [5, 5.41) is 0. The Morgan fingerprint density at radius 3 is 2.27 bits per heavy atom. The van der Waals surface area contributed by atoms with Crippen molar-refractivity contribution in [1.29, 1.82) is 0 Å². The Balaban J connectivity index is 2.22. The van der Waals surface area contributed by atoms with Crippen molar-refractivity contribution in [2.24, 2.45) is 11.8 Å². The van der Waals surface area contributed by atoms with E-state index in [0.29, 0.717) is 0 Å². The molecule has 64 valence electrons. The lowest BCUT2D eigenvalue weighted by atomic mass is 9.80. The summed E-state index contributed by atoms with van der Waals surface area (Å²) >= 11 is 0. The van der Waals surface area contributed by atoms with Crippen molar-refractivity contribution < 1.29 is 0 Å². The summed E-state index contributed by atoms with van der Waals surface area (Å²) in [5.74, 6) is 1.94. The van der Waals surface area contributed by atoms with Gasteiger partial charge in [0, 0.05) is 0 Å². The summed E-state index contributed by atoms with van der Waals surface area (Å²) < 4.78 is 0. The minimum atomic E-state index is 0.962. The topological polar surface area (TPSA) is 0 Å². The van der Waals surface area contributed by atoms with Gasteiger partial charge >= 0.3 is 0 Å². The van der Waals surface area contributed by atoms with Gasteiger partial charge in [0.15, 0.2) is 0 Å². The van der Waals surface area contributed by atoms with E-state index in [-0.39, 0.29) is 0 Å². The Morgan fingerprint density at radius 1 is 1.27 bits per heavy atom. The molecule has 0 bridgehead atoms. The molecule has 0 unspecified atom stereocenters. The Kier molecular flexibility index (Phi) is 3.16. The molecule has 0 saturated heterocycles. The molecule has 1 rings (SSSR count). The first-order valence-electron chi connectivity index (χ1n) is 4.83. The molecule has 1 aliphatic carbocycles. The average Bonchev–Trinajstić information content (AvgIpc) is 1.93. The zero-order chi connectivity index (χ0) is 8.27. The average molecular weight is 152 g/mol. The van der Waals surface area contributed by atoms with Crippen LogP contribution >= 0.6 is 0 Å². The van der Waals surface area contributed by atoms with E-state index < -0.39 is 0 Å². The third kappa shape index (κ3) is 3.09. The van der Waals surface area contributed by atoms with Crippen molar-refractivity contribution in [2.45, 2.75) is 46.0 Å². The van der Waals surface area contributed by atoms with Crippen molar-refractivity contribution in [2.75, 3.05) is 0 Å². The van der Waals surface area contributed by atoms with Crippen LogP contribution in [-0.4, -0.2) is 0 Å². The van der Waals surface area contributed by atoms with Crippen molar-refractivity contribution in [1.82, 2.24) is 0 Å². The van der Waals surface area contributed by atoms with E-state index in [4.69, 9.17) is 0 Å². The minimum absolute atomic E-state index is 0.962. The molecule has 0 aromatic carbocycles. The maximum atomic E-state index is 3.97. The Bertz CT molecular complexity index is 127. The number of hydrogen-bond acceptors (Lipinski definition) is 0. The van der Waals surface area contributed by atoms with Gasteiger partial charge in [-0.05, 0) is 38.0 Å². The predicted molar refractivity (Wildman–Crippen MR) is 50.6 cm³/mol. The molecule has 0 amide bonds. The van der Waals surface area contributed by atoms with Crippen molar-refractivity contribution >= 4 is 0 Å². The summed E-state index contributed by atoms with van der Waals surface area (Å²) in [4.78, 5) is 0. The molecule has 0 aliphatic heterocycles. The van der Waals surface area contributed by atoms with Gasteiger partial charge in [-0.25, -0.2) is 0 Å². The number of rotatable bonds is 2. The normalized spacial score (nSPS) is 31.8. The molecular weight excluding hydrogens is 132 g/mol. The minimum Gasteiger partial charge on any atom is -0.100 e. The molecule has 0 radical (unpaired) electrons. The molecule has 0 N–H and O–H groups in total. The SMILES string of the molecule is C=C(C)CC1CCC(C)CC1. The Hall–Kier alpha value is -0.260. The number of hydrogen-bond donors (Lipinski definition) is 0.